The van der Waals surface area contributed by atoms with E-state index in [1.807, 2.05) is 13.8 Å². The molecule has 1 aliphatic heterocycles. The van der Waals surface area contributed by atoms with Gasteiger partial charge in [0.15, 0.2) is 17.7 Å². The minimum Gasteiger partial charge on any atom is -0.493 e. The summed E-state index contributed by atoms with van der Waals surface area (Å²) >= 11 is 6.05. The highest BCUT2D eigenvalue weighted by Crippen LogP contribution is 2.35. The van der Waals surface area contributed by atoms with Crippen LogP contribution in [0.25, 0.3) is 0 Å². The predicted octanol–water partition coefficient (Wildman–Crippen LogP) is 3.26. The van der Waals surface area contributed by atoms with Crippen LogP contribution in [0.5, 0.6) is 17.2 Å². The standard InChI is InChI=1S/C26H31ClN4O7/c1-5-36-19-10-8-18(27)11-17(19)13-28-31-22(32)14-38-20-9-7-16(12-21(20)37-6-2)24-23(25(33)35-4)15(3)29-26(34)30-24/h7-13,22,24,31-32H,5-6,14H2,1-4H3,(H2,29,30,34)/b28-13+/t22-,24-/m1/s1. The first-order chi connectivity index (χ1) is 18.3. The lowest BCUT2D eigenvalue weighted by Crippen LogP contribution is -2.45. The van der Waals surface area contributed by atoms with Gasteiger partial charge >= 0.3 is 12.0 Å². The number of carbonyl (C=O) groups is 2. The van der Waals surface area contributed by atoms with Gasteiger partial charge in [-0.2, -0.15) is 5.10 Å². The maximum Gasteiger partial charge on any atom is 0.337 e. The Hall–Kier alpha value is -3.96. The zero-order chi connectivity index (χ0) is 27.7. The van der Waals surface area contributed by atoms with Crippen molar-refractivity contribution < 1.29 is 33.6 Å². The smallest absolute Gasteiger partial charge is 0.337 e. The number of nitrogens with zero attached hydrogens (tertiary/aromatic N) is 1. The fourth-order valence-corrected chi connectivity index (χ4v) is 3.90. The van der Waals surface area contributed by atoms with Gasteiger partial charge in [0, 0.05) is 16.3 Å². The Labute approximate surface area is 225 Å². The Morgan fingerprint density at radius 1 is 1.13 bits per heavy atom. The maximum atomic E-state index is 12.4. The molecule has 0 aliphatic carbocycles. The number of carbonyl (C=O) groups excluding carboxylic acids is 2. The van der Waals surface area contributed by atoms with Crippen molar-refractivity contribution in [3.63, 3.8) is 0 Å². The van der Waals surface area contributed by atoms with Gasteiger partial charge in [-0.3, -0.25) is 5.43 Å². The van der Waals surface area contributed by atoms with E-state index in [2.05, 4.69) is 21.2 Å². The average Bonchev–Trinajstić information content (AvgIpc) is 2.89. The lowest BCUT2D eigenvalue weighted by atomic mass is 9.95. The summed E-state index contributed by atoms with van der Waals surface area (Å²) in [4.78, 5) is 24.5. The largest absolute Gasteiger partial charge is 0.493 e. The fourth-order valence-electron chi connectivity index (χ4n) is 3.72. The van der Waals surface area contributed by atoms with Crippen molar-refractivity contribution in [1.29, 1.82) is 0 Å². The van der Waals surface area contributed by atoms with E-state index in [0.717, 1.165) is 0 Å². The lowest BCUT2D eigenvalue weighted by molar-refractivity contribution is -0.136. The summed E-state index contributed by atoms with van der Waals surface area (Å²) in [6, 6.07) is 8.95. The highest BCUT2D eigenvalue weighted by molar-refractivity contribution is 6.30. The molecule has 2 aromatic rings. The Morgan fingerprint density at radius 2 is 1.84 bits per heavy atom. The number of hydrogen-bond donors (Lipinski definition) is 4. The summed E-state index contributed by atoms with van der Waals surface area (Å²) in [6.07, 6.45) is 0.345. The Balaban J connectivity index is 1.71. The molecule has 0 saturated carbocycles. The molecule has 0 bridgehead atoms. The number of benzene rings is 2. The van der Waals surface area contributed by atoms with Gasteiger partial charge in [0.25, 0.3) is 0 Å². The zero-order valence-corrected chi connectivity index (χ0v) is 22.3. The molecule has 0 saturated heterocycles. The predicted molar refractivity (Wildman–Crippen MR) is 142 cm³/mol. The van der Waals surface area contributed by atoms with Crippen molar-refractivity contribution in [3.8, 4) is 17.2 Å². The van der Waals surface area contributed by atoms with Gasteiger partial charge in [0.05, 0.1) is 38.2 Å². The second kappa shape index (κ2) is 13.5. The number of ether oxygens (including phenoxy) is 4. The number of esters is 1. The van der Waals surface area contributed by atoms with E-state index in [9.17, 15) is 14.7 Å². The van der Waals surface area contributed by atoms with Gasteiger partial charge in [-0.15, -0.1) is 0 Å². The van der Waals surface area contributed by atoms with Gasteiger partial charge in [-0.1, -0.05) is 17.7 Å². The Kier molecular flexibility index (Phi) is 10.2. The molecule has 204 valence electrons. The number of urea groups is 1. The Bertz CT molecular complexity index is 1220. The third kappa shape index (κ3) is 7.30. The fraction of sp³-hybridized carbons (Fsp3) is 0.346. The normalized spacial score (nSPS) is 15.9. The molecule has 4 N–H and O–H groups in total. The first-order valence-corrected chi connectivity index (χ1v) is 12.3. The maximum absolute atomic E-state index is 12.4. The number of allylic oxidation sites excluding steroid dienone is 1. The van der Waals surface area contributed by atoms with E-state index >= 15 is 0 Å². The van der Waals surface area contributed by atoms with Crippen molar-refractivity contribution >= 4 is 29.8 Å². The first-order valence-electron chi connectivity index (χ1n) is 11.9. The summed E-state index contributed by atoms with van der Waals surface area (Å²) in [6.45, 7) is 5.97. The van der Waals surface area contributed by atoms with Crippen LogP contribution in [0, 0.1) is 0 Å². The molecule has 0 unspecified atom stereocenters. The molecule has 2 amide bonds. The number of hydrazone groups is 1. The van der Waals surface area contributed by atoms with Crippen LogP contribution in [0.4, 0.5) is 4.79 Å². The summed E-state index contributed by atoms with van der Waals surface area (Å²) in [7, 11) is 1.27. The average molecular weight is 547 g/mol. The van der Waals surface area contributed by atoms with Crippen molar-refractivity contribution in [2.45, 2.75) is 33.0 Å². The van der Waals surface area contributed by atoms with Crippen LogP contribution < -0.4 is 30.3 Å². The van der Waals surface area contributed by atoms with Gasteiger partial charge < -0.3 is 34.7 Å². The molecule has 38 heavy (non-hydrogen) atoms. The number of amides is 2. The van der Waals surface area contributed by atoms with Crippen molar-refractivity contribution in [3.05, 3.63) is 63.8 Å². The van der Waals surface area contributed by atoms with Crippen LogP contribution in [0.15, 0.2) is 52.8 Å². The van der Waals surface area contributed by atoms with Crippen LogP contribution >= 0.6 is 11.6 Å². The number of halogens is 1. The second-order valence-electron chi connectivity index (χ2n) is 8.03. The number of methoxy groups -OCH3 is 1. The van der Waals surface area contributed by atoms with E-state index in [0.29, 0.717) is 52.3 Å². The van der Waals surface area contributed by atoms with Crippen molar-refractivity contribution in [2.75, 3.05) is 26.9 Å². The molecule has 0 radical (unpaired) electrons. The molecule has 2 atom stereocenters. The number of aliphatic hydroxyl groups excluding tert-OH is 1. The number of rotatable bonds is 12. The zero-order valence-electron chi connectivity index (χ0n) is 21.5. The molecule has 11 nitrogen and oxygen atoms in total. The van der Waals surface area contributed by atoms with Gasteiger partial charge in [-0.05, 0) is 56.7 Å². The van der Waals surface area contributed by atoms with Crippen LogP contribution in [0.3, 0.4) is 0 Å². The molecule has 0 spiro atoms. The number of hydrogen-bond acceptors (Lipinski definition) is 9. The summed E-state index contributed by atoms with van der Waals surface area (Å²) in [5.74, 6) is 0.768. The van der Waals surface area contributed by atoms with Gasteiger partial charge in [0.1, 0.15) is 12.4 Å². The van der Waals surface area contributed by atoms with E-state index in [4.69, 9.17) is 30.5 Å². The van der Waals surface area contributed by atoms with Crippen LogP contribution in [-0.2, 0) is 9.53 Å². The Morgan fingerprint density at radius 3 is 2.55 bits per heavy atom. The lowest BCUT2D eigenvalue weighted by Gasteiger charge is -2.28. The summed E-state index contributed by atoms with van der Waals surface area (Å²) < 4.78 is 21.9. The number of nitrogens with one attached hydrogen (secondary N) is 3. The number of aliphatic hydroxyl groups is 1. The van der Waals surface area contributed by atoms with Crippen LogP contribution in [0.2, 0.25) is 5.02 Å². The topological polar surface area (TPSA) is 140 Å². The van der Waals surface area contributed by atoms with E-state index in [1.54, 1.807) is 43.3 Å². The minimum atomic E-state index is -1.14. The molecule has 1 aliphatic rings. The third-order valence-corrected chi connectivity index (χ3v) is 5.61. The van der Waals surface area contributed by atoms with Crippen LogP contribution in [-0.4, -0.2) is 56.5 Å². The molecule has 2 aromatic carbocycles. The molecule has 0 fully saturated rings. The van der Waals surface area contributed by atoms with Gasteiger partial charge in [0.2, 0.25) is 0 Å². The van der Waals surface area contributed by atoms with E-state index in [-0.39, 0.29) is 12.2 Å². The molecule has 12 heteroatoms. The minimum absolute atomic E-state index is 0.152. The van der Waals surface area contributed by atoms with E-state index in [1.165, 1.54) is 13.3 Å². The molecular weight excluding hydrogens is 516 g/mol. The van der Waals surface area contributed by atoms with Gasteiger partial charge in [-0.25, -0.2) is 9.59 Å². The van der Waals surface area contributed by atoms with Crippen molar-refractivity contribution in [1.82, 2.24) is 16.1 Å². The molecular formula is C26H31ClN4O7. The van der Waals surface area contributed by atoms with E-state index < -0.39 is 24.3 Å². The highest BCUT2D eigenvalue weighted by Gasteiger charge is 2.32. The van der Waals surface area contributed by atoms with Crippen LogP contribution in [0.1, 0.15) is 37.9 Å². The highest BCUT2D eigenvalue weighted by atomic mass is 35.5. The monoisotopic (exact) mass is 546 g/mol. The quantitative estimate of drug-likeness (QED) is 0.138. The third-order valence-electron chi connectivity index (χ3n) is 5.37. The summed E-state index contributed by atoms with van der Waals surface area (Å²) in [5.41, 5.74) is 4.49. The first kappa shape index (κ1) is 28.6. The molecule has 1 heterocycles. The molecule has 3 rings (SSSR count). The second-order valence-corrected chi connectivity index (χ2v) is 8.47. The SMILES string of the molecule is CCOc1ccc(Cl)cc1/C=N/N[C@H](O)COc1ccc([C@H]2NC(=O)NC(C)=C2C(=O)OC)cc1OCC. The summed E-state index contributed by atoms with van der Waals surface area (Å²) in [5, 5.41) is 20.2. The molecule has 0 aromatic heterocycles. The van der Waals surface area contributed by atoms with Crippen molar-refractivity contribution in [2.24, 2.45) is 5.10 Å².